The highest BCUT2D eigenvalue weighted by Gasteiger charge is 2.57. The van der Waals surface area contributed by atoms with Gasteiger partial charge in [0.25, 0.3) is 23.4 Å². The smallest absolute Gasteiger partial charge is 0.270 e. The molecule has 0 N–H and O–H groups in total. The summed E-state index contributed by atoms with van der Waals surface area (Å²) < 4.78 is 5.26. The van der Waals surface area contributed by atoms with E-state index in [-0.39, 0.29) is 16.8 Å². The van der Waals surface area contributed by atoms with Crippen LogP contribution >= 0.6 is 11.3 Å². The molecule has 9 nitrogen and oxygen atoms in total. The van der Waals surface area contributed by atoms with Gasteiger partial charge < -0.3 is 4.74 Å². The van der Waals surface area contributed by atoms with Crippen molar-refractivity contribution in [3.63, 3.8) is 0 Å². The van der Waals surface area contributed by atoms with Crippen LogP contribution < -0.4 is 9.64 Å². The third-order valence-corrected chi connectivity index (χ3v) is 6.57. The SMILES string of the molecule is COc1cccc(N2C(=O)[C@@H](N3C(=O)c4ccc([N+](=O)[O-])cc4C3=O)[C@@H]2c2cccs2)c1. The van der Waals surface area contributed by atoms with Gasteiger partial charge in [-0.1, -0.05) is 12.1 Å². The molecule has 0 radical (unpaired) electrons. The van der Waals surface area contributed by atoms with Gasteiger partial charge in [0.15, 0.2) is 0 Å². The first kappa shape index (κ1) is 19.9. The van der Waals surface area contributed by atoms with Gasteiger partial charge >= 0.3 is 0 Å². The predicted octanol–water partition coefficient (Wildman–Crippen LogP) is 3.42. The number of thiophene rings is 1. The van der Waals surface area contributed by atoms with Gasteiger partial charge in [0.1, 0.15) is 17.8 Å². The summed E-state index contributed by atoms with van der Waals surface area (Å²) in [5, 5.41) is 13.0. The molecule has 0 bridgehead atoms. The maximum atomic E-state index is 13.3. The Labute approximate surface area is 185 Å². The van der Waals surface area contributed by atoms with Crippen molar-refractivity contribution in [2.75, 3.05) is 12.0 Å². The number of carbonyl (C=O) groups excluding carboxylic acids is 3. The fourth-order valence-electron chi connectivity index (χ4n) is 4.13. The van der Waals surface area contributed by atoms with E-state index >= 15 is 0 Å². The van der Waals surface area contributed by atoms with Crippen LogP contribution in [-0.4, -0.2) is 40.7 Å². The van der Waals surface area contributed by atoms with Gasteiger partial charge in [0, 0.05) is 28.8 Å². The van der Waals surface area contributed by atoms with E-state index < -0.39 is 34.7 Å². The Balaban J connectivity index is 1.55. The largest absolute Gasteiger partial charge is 0.497 e. The highest BCUT2D eigenvalue weighted by atomic mass is 32.1. The number of β-lactam (4-membered cyclic amide) rings is 1. The number of benzene rings is 2. The van der Waals surface area contributed by atoms with E-state index in [0.717, 1.165) is 15.8 Å². The molecular weight excluding hydrogens is 434 g/mol. The van der Waals surface area contributed by atoms with Crippen molar-refractivity contribution >= 4 is 40.4 Å². The van der Waals surface area contributed by atoms with E-state index in [1.54, 1.807) is 24.3 Å². The Morgan fingerprint density at radius 2 is 1.72 bits per heavy atom. The molecule has 160 valence electrons. The van der Waals surface area contributed by atoms with E-state index in [2.05, 4.69) is 0 Å². The number of amides is 3. The fourth-order valence-corrected chi connectivity index (χ4v) is 4.97. The van der Waals surface area contributed by atoms with Gasteiger partial charge in [-0.2, -0.15) is 0 Å². The lowest BCUT2D eigenvalue weighted by atomic mass is 9.90. The number of hydrogen-bond acceptors (Lipinski definition) is 7. The molecule has 0 spiro atoms. The van der Waals surface area contributed by atoms with Gasteiger partial charge in [-0.3, -0.25) is 34.3 Å². The summed E-state index contributed by atoms with van der Waals surface area (Å²) in [5.41, 5.74) is 0.274. The number of nitro benzene ring substituents is 1. The number of anilines is 1. The third kappa shape index (κ3) is 2.80. The molecule has 0 unspecified atom stereocenters. The van der Waals surface area contributed by atoms with Gasteiger partial charge in [-0.15, -0.1) is 11.3 Å². The van der Waals surface area contributed by atoms with Crippen LogP contribution in [0.5, 0.6) is 5.75 Å². The van der Waals surface area contributed by atoms with E-state index in [4.69, 9.17) is 4.74 Å². The Morgan fingerprint density at radius 1 is 0.938 bits per heavy atom. The van der Waals surface area contributed by atoms with Crippen molar-refractivity contribution in [1.82, 2.24) is 4.90 Å². The number of carbonyl (C=O) groups is 3. The normalized spacial score (nSPS) is 19.7. The van der Waals surface area contributed by atoms with Gasteiger partial charge in [0.2, 0.25) is 0 Å². The first-order valence-corrected chi connectivity index (χ1v) is 10.5. The maximum Gasteiger partial charge on any atom is 0.270 e. The first-order valence-electron chi connectivity index (χ1n) is 9.59. The second kappa shape index (κ2) is 7.27. The zero-order chi connectivity index (χ0) is 22.6. The van der Waals surface area contributed by atoms with Crippen LogP contribution in [0.3, 0.4) is 0 Å². The molecule has 10 heteroatoms. The van der Waals surface area contributed by atoms with Crippen LogP contribution in [0.4, 0.5) is 11.4 Å². The predicted molar refractivity (Wildman–Crippen MR) is 115 cm³/mol. The minimum Gasteiger partial charge on any atom is -0.497 e. The van der Waals surface area contributed by atoms with E-state index in [1.807, 2.05) is 17.5 Å². The standard InChI is InChI=1S/C22H15N3O6S/c1-31-14-5-2-4-12(10-14)23-18(17-6-3-9-32-17)19(22(23)28)24-20(26)15-8-7-13(25(29)30)11-16(15)21(24)27/h2-11,18-19H,1H3/t18-,19-/m0/s1. The van der Waals surface area contributed by atoms with Gasteiger partial charge in [-0.05, 0) is 29.6 Å². The minimum absolute atomic E-state index is 0.0539. The van der Waals surface area contributed by atoms with Crippen LogP contribution in [-0.2, 0) is 4.79 Å². The molecule has 32 heavy (non-hydrogen) atoms. The molecule has 2 aliphatic rings. The van der Waals surface area contributed by atoms with Crippen LogP contribution in [0.1, 0.15) is 31.6 Å². The number of nitrogens with zero attached hydrogens (tertiary/aromatic N) is 3. The van der Waals surface area contributed by atoms with Gasteiger partial charge in [0.05, 0.1) is 23.2 Å². The van der Waals surface area contributed by atoms with Crippen molar-refractivity contribution in [3.05, 3.63) is 86.1 Å². The summed E-state index contributed by atoms with van der Waals surface area (Å²) in [5.74, 6) is -1.19. The summed E-state index contributed by atoms with van der Waals surface area (Å²) >= 11 is 1.41. The highest BCUT2D eigenvalue weighted by molar-refractivity contribution is 7.10. The van der Waals surface area contributed by atoms with Crippen LogP contribution in [0.25, 0.3) is 0 Å². The molecule has 2 atom stereocenters. The average Bonchev–Trinajstić information content (AvgIpc) is 3.40. The molecule has 3 heterocycles. The lowest BCUT2D eigenvalue weighted by molar-refractivity contribution is -0.384. The number of nitro groups is 1. The number of methoxy groups -OCH3 is 1. The number of rotatable bonds is 5. The number of imide groups is 1. The molecule has 1 aromatic heterocycles. The molecule has 5 rings (SSSR count). The fraction of sp³-hybridized carbons (Fsp3) is 0.136. The summed E-state index contributed by atoms with van der Waals surface area (Å²) in [6.45, 7) is 0. The number of fused-ring (bicyclic) bond motifs is 1. The molecule has 3 amide bonds. The zero-order valence-corrected chi connectivity index (χ0v) is 17.4. The highest BCUT2D eigenvalue weighted by Crippen LogP contribution is 2.46. The van der Waals surface area contributed by atoms with E-state index in [9.17, 15) is 24.5 Å². The number of hydrogen-bond donors (Lipinski definition) is 0. The summed E-state index contributed by atoms with van der Waals surface area (Å²) in [6.07, 6.45) is 0. The molecule has 2 aliphatic heterocycles. The summed E-state index contributed by atoms with van der Waals surface area (Å²) in [6, 6.07) is 12.5. The minimum atomic E-state index is -1.05. The molecule has 3 aromatic rings. The molecule has 1 saturated heterocycles. The summed E-state index contributed by atoms with van der Waals surface area (Å²) in [7, 11) is 1.52. The quantitative estimate of drug-likeness (QED) is 0.255. The van der Waals surface area contributed by atoms with Crippen molar-refractivity contribution in [2.24, 2.45) is 0 Å². The van der Waals surface area contributed by atoms with Crippen LogP contribution in [0.15, 0.2) is 60.0 Å². The second-order valence-corrected chi connectivity index (χ2v) is 8.26. The topological polar surface area (TPSA) is 110 Å². The Morgan fingerprint density at radius 3 is 2.41 bits per heavy atom. The van der Waals surface area contributed by atoms with Crippen molar-refractivity contribution in [2.45, 2.75) is 12.1 Å². The van der Waals surface area contributed by atoms with Crippen LogP contribution in [0, 0.1) is 10.1 Å². The maximum absolute atomic E-state index is 13.3. The first-order chi connectivity index (χ1) is 15.4. The summed E-state index contributed by atoms with van der Waals surface area (Å²) in [4.78, 5) is 53.2. The molecule has 0 aliphatic carbocycles. The van der Waals surface area contributed by atoms with Crippen molar-refractivity contribution in [1.29, 1.82) is 0 Å². The van der Waals surface area contributed by atoms with E-state index in [0.29, 0.717) is 11.4 Å². The molecule has 2 aromatic carbocycles. The monoisotopic (exact) mass is 449 g/mol. The van der Waals surface area contributed by atoms with Crippen LogP contribution in [0.2, 0.25) is 0 Å². The Bertz CT molecular complexity index is 1290. The number of ether oxygens (including phenoxy) is 1. The van der Waals surface area contributed by atoms with Gasteiger partial charge in [-0.25, -0.2) is 0 Å². The second-order valence-electron chi connectivity index (χ2n) is 7.28. The Hall–Kier alpha value is -4.05. The average molecular weight is 449 g/mol. The molecule has 0 saturated carbocycles. The van der Waals surface area contributed by atoms with Crippen molar-refractivity contribution in [3.8, 4) is 5.75 Å². The zero-order valence-electron chi connectivity index (χ0n) is 16.6. The third-order valence-electron chi connectivity index (χ3n) is 5.62. The molecular formula is C22H15N3O6S. The van der Waals surface area contributed by atoms with E-state index in [1.165, 1.54) is 35.5 Å². The number of non-ortho nitro benzene ring substituents is 1. The Kier molecular flexibility index (Phi) is 4.52. The lowest BCUT2D eigenvalue weighted by Crippen LogP contribution is -2.67. The molecule has 1 fully saturated rings. The lowest BCUT2D eigenvalue weighted by Gasteiger charge is -2.49. The van der Waals surface area contributed by atoms with Crippen molar-refractivity contribution < 1.29 is 24.0 Å².